The highest BCUT2D eigenvalue weighted by molar-refractivity contribution is 6.09. The Kier molecular flexibility index (Phi) is 5.90. The number of para-hydroxylation sites is 1. The number of benzene rings is 2. The third-order valence-corrected chi connectivity index (χ3v) is 7.53. The molecule has 2 aliphatic carbocycles. The fraction of sp³-hybridized carbons (Fsp3) is 0.481. The predicted octanol–water partition coefficient (Wildman–Crippen LogP) is 5.62. The van der Waals surface area contributed by atoms with E-state index in [-0.39, 0.29) is 29.7 Å². The molecule has 2 fully saturated rings. The fourth-order valence-corrected chi connectivity index (χ4v) is 5.72. The van der Waals surface area contributed by atoms with Gasteiger partial charge in [0.05, 0.1) is 0 Å². The lowest BCUT2D eigenvalue weighted by Crippen LogP contribution is -2.41. The Bertz CT molecular complexity index is 1130. The van der Waals surface area contributed by atoms with Crippen molar-refractivity contribution < 1.29 is 9.59 Å². The molecule has 2 aromatic carbocycles. The number of aromatic nitrogens is 1. The molecule has 2 N–H and O–H groups in total. The van der Waals surface area contributed by atoms with E-state index in [2.05, 4.69) is 58.5 Å². The van der Waals surface area contributed by atoms with Gasteiger partial charge in [-0.05, 0) is 69.7 Å². The number of hydrogen-bond acceptors (Lipinski definition) is 2. The summed E-state index contributed by atoms with van der Waals surface area (Å²) in [6, 6.07) is 14.9. The van der Waals surface area contributed by atoms with Crippen LogP contribution in [0.25, 0.3) is 21.8 Å². The summed E-state index contributed by atoms with van der Waals surface area (Å²) in [7, 11) is 0. The lowest BCUT2D eigenvalue weighted by Gasteiger charge is -2.29. The number of nitrogens with zero attached hydrogens (tertiary/aromatic N) is 1. The standard InChI is InChI=1S/C27H33N3O2/c1-2-30-24-10-6-5-9-22(24)23-17-21(15-16-25(23)30)29-27(32)19-11-13-20(14-12-19)28-26(31)18-7-3-4-8-18/h5-6,9-10,15-20H,2-4,7-8,11-14H2,1H3,(H,28,31)(H,29,32). The maximum atomic E-state index is 13.0. The molecule has 5 heteroatoms. The van der Waals surface area contributed by atoms with Gasteiger partial charge in [0.15, 0.2) is 0 Å². The number of carbonyl (C=O) groups is 2. The molecule has 2 aliphatic rings. The van der Waals surface area contributed by atoms with E-state index in [1.807, 2.05) is 6.07 Å². The van der Waals surface area contributed by atoms with Gasteiger partial charge >= 0.3 is 0 Å². The second kappa shape index (κ2) is 8.97. The van der Waals surface area contributed by atoms with Crippen LogP contribution < -0.4 is 10.6 Å². The van der Waals surface area contributed by atoms with Gasteiger partial charge in [-0.3, -0.25) is 9.59 Å². The highest BCUT2D eigenvalue weighted by Gasteiger charge is 2.29. The van der Waals surface area contributed by atoms with Crippen molar-refractivity contribution >= 4 is 39.3 Å². The number of aryl methyl sites for hydroxylation is 1. The molecular weight excluding hydrogens is 398 g/mol. The van der Waals surface area contributed by atoms with Crippen LogP contribution in [0.5, 0.6) is 0 Å². The summed E-state index contributed by atoms with van der Waals surface area (Å²) in [5.74, 6) is 0.561. The van der Waals surface area contributed by atoms with Gasteiger partial charge in [-0.25, -0.2) is 0 Å². The number of anilines is 1. The SMILES string of the molecule is CCn1c2ccccc2c2cc(NC(=O)C3CCC(NC(=O)C4CCCC4)CC3)ccc21. The highest BCUT2D eigenvalue weighted by Crippen LogP contribution is 2.32. The van der Waals surface area contributed by atoms with Gasteiger partial charge < -0.3 is 15.2 Å². The van der Waals surface area contributed by atoms with Gasteiger partial charge in [-0.1, -0.05) is 31.0 Å². The van der Waals surface area contributed by atoms with E-state index in [1.165, 1.54) is 34.6 Å². The van der Waals surface area contributed by atoms with Crippen molar-refractivity contribution in [3.63, 3.8) is 0 Å². The van der Waals surface area contributed by atoms with Gasteiger partial charge in [-0.2, -0.15) is 0 Å². The molecular formula is C27H33N3O2. The molecule has 2 amide bonds. The van der Waals surface area contributed by atoms with E-state index in [0.29, 0.717) is 0 Å². The Hall–Kier alpha value is -2.82. The van der Waals surface area contributed by atoms with Crippen LogP contribution in [0.1, 0.15) is 58.3 Å². The largest absolute Gasteiger partial charge is 0.353 e. The molecule has 0 saturated heterocycles. The van der Waals surface area contributed by atoms with Gasteiger partial charge in [0.2, 0.25) is 11.8 Å². The second-order valence-electron chi connectivity index (χ2n) is 9.52. The number of nitrogens with one attached hydrogen (secondary N) is 2. The lowest BCUT2D eigenvalue weighted by molar-refractivity contribution is -0.125. The normalized spacial score (nSPS) is 21.8. The highest BCUT2D eigenvalue weighted by atomic mass is 16.2. The minimum atomic E-state index is 0.0160. The molecule has 2 saturated carbocycles. The van der Waals surface area contributed by atoms with E-state index in [1.54, 1.807) is 0 Å². The third kappa shape index (κ3) is 4.01. The summed E-state index contributed by atoms with van der Waals surface area (Å²) < 4.78 is 2.32. The molecule has 5 nitrogen and oxygen atoms in total. The Morgan fingerprint density at radius 3 is 2.28 bits per heavy atom. The van der Waals surface area contributed by atoms with Crippen molar-refractivity contribution in [1.29, 1.82) is 0 Å². The summed E-state index contributed by atoms with van der Waals surface area (Å²) in [4.78, 5) is 25.4. The third-order valence-electron chi connectivity index (χ3n) is 7.53. The van der Waals surface area contributed by atoms with E-state index >= 15 is 0 Å². The molecule has 1 aromatic heterocycles. The number of rotatable bonds is 5. The minimum Gasteiger partial charge on any atom is -0.353 e. The van der Waals surface area contributed by atoms with Crippen molar-refractivity contribution in [3.05, 3.63) is 42.5 Å². The Balaban J connectivity index is 1.23. The van der Waals surface area contributed by atoms with Gasteiger partial charge in [0.1, 0.15) is 0 Å². The zero-order valence-electron chi connectivity index (χ0n) is 18.9. The van der Waals surface area contributed by atoms with E-state index in [4.69, 9.17) is 0 Å². The number of amides is 2. The Morgan fingerprint density at radius 1 is 0.844 bits per heavy atom. The lowest BCUT2D eigenvalue weighted by atomic mass is 9.85. The summed E-state index contributed by atoms with van der Waals surface area (Å²) in [5.41, 5.74) is 3.29. The first-order chi connectivity index (χ1) is 15.6. The summed E-state index contributed by atoms with van der Waals surface area (Å²) in [6.45, 7) is 3.07. The first-order valence-electron chi connectivity index (χ1n) is 12.3. The quantitative estimate of drug-likeness (QED) is 0.551. The maximum absolute atomic E-state index is 13.0. The van der Waals surface area contributed by atoms with Crippen molar-refractivity contribution in [2.24, 2.45) is 11.8 Å². The molecule has 0 aliphatic heterocycles. The average molecular weight is 432 g/mol. The van der Waals surface area contributed by atoms with Crippen molar-refractivity contribution in [3.8, 4) is 0 Å². The Morgan fingerprint density at radius 2 is 1.53 bits per heavy atom. The van der Waals surface area contributed by atoms with Crippen molar-refractivity contribution in [1.82, 2.24) is 9.88 Å². The van der Waals surface area contributed by atoms with Crippen LogP contribution in [0.4, 0.5) is 5.69 Å². The molecule has 0 unspecified atom stereocenters. The molecule has 5 rings (SSSR count). The monoisotopic (exact) mass is 431 g/mol. The van der Waals surface area contributed by atoms with Crippen LogP contribution >= 0.6 is 0 Å². The maximum Gasteiger partial charge on any atom is 0.227 e. The second-order valence-corrected chi connectivity index (χ2v) is 9.52. The van der Waals surface area contributed by atoms with E-state index < -0.39 is 0 Å². The average Bonchev–Trinajstić information content (AvgIpc) is 3.46. The first-order valence-corrected chi connectivity index (χ1v) is 12.3. The van der Waals surface area contributed by atoms with Crippen LogP contribution in [0.3, 0.4) is 0 Å². The van der Waals surface area contributed by atoms with Crippen LogP contribution in [0.2, 0.25) is 0 Å². The van der Waals surface area contributed by atoms with Gasteiger partial charge in [0, 0.05) is 51.9 Å². The predicted molar refractivity (Wildman–Crippen MR) is 130 cm³/mol. The van der Waals surface area contributed by atoms with Crippen molar-refractivity contribution in [2.45, 2.75) is 70.9 Å². The van der Waals surface area contributed by atoms with Gasteiger partial charge in [-0.15, -0.1) is 0 Å². The summed E-state index contributed by atoms with van der Waals surface area (Å²) in [5, 5.41) is 8.80. The molecule has 1 heterocycles. The fourth-order valence-electron chi connectivity index (χ4n) is 5.72. The number of carbonyl (C=O) groups excluding carboxylic acids is 2. The zero-order valence-corrected chi connectivity index (χ0v) is 18.9. The van der Waals surface area contributed by atoms with Crippen LogP contribution in [0, 0.1) is 11.8 Å². The van der Waals surface area contributed by atoms with E-state index in [9.17, 15) is 9.59 Å². The molecule has 0 spiro atoms. The minimum absolute atomic E-state index is 0.0160. The summed E-state index contributed by atoms with van der Waals surface area (Å²) in [6.07, 6.45) is 7.86. The topological polar surface area (TPSA) is 63.1 Å². The number of hydrogen-bond donors (Lipinski definition) is 2. The van der Waals surface area contributed by atoms with Crippen LogP contribution in [-0.2, 0) is 16.1 Å². The zero-order chi connectivity index (χ0) is 22.1. The smallest absolute Gasteiger partial charge is 0.227 e. The first kappa shape index (κ1) is 21.0. The van der Waals surface area contributed by atoms with E-state index in [0.717, 1.165) is 50.8 Å². The molecule has 32 heavy (non-hydrogen) atoms. The van der Waals surface area contributed by atoms with Crippen molar-refractivity contribution in [2.75, 3.05) is 5.32 Å². The Labute approximate surface area is 189 Å². The molecule has 168 valence electrons. The molecule has 0 radical (unpaired) electrons. The van der Waals surface area contributed by atoms with Crippen LogP contribution in [0.15, 0.2) is 42.5 Å². The number of fused-ring (bicyclic) bond motifs is 3. The molecule has 3 aromatic rings. The molecule has 0 atom stereocenters. The van der Waals surface area contributed by atoms with Gasteiger partial charge in [0.25, 0.3) is 0 Å². The molecule has 0 bridgehead atoms. The van der Waals surface area contributed by atoms with Crippen LogP contribution in [-0.4, -0.2) is 22.4 Å². The summed E-state index contributed by atoms with van der Waals surface area (Å²) >= 11 is 0.